The molecule has 252 valence electrons. The number of nitrogens with zero attached hydrogens (tertiary/aromatic N) is 1. The minimum Gasteiger partial charge on any atom is -0.494 e. The zero-order valence-corrected chi connectivity index (χ0v) is 26.7. The lowest BCUT2D eigenvalue weighted by molar-refractivity contribution is -0.143. The predicted octanol–water partition coefficient (Wildman–Crippen LogP) is 8.06. The van der Waals surface area contributed by atoms with Crippen LogP contribution in [0.4, 0.5) is 26.3 Å². The molecular weight excluding hydrogens is 706 g/mol. The minimum atomic E-state index is -5.04. The Morgan fingerprint density at radius 3 is 2.08 bits per heavy atom. The first-order valence-corrected chi connectivity index (χ1v) is 15.5. The molecule has 0 fully saturated rings. The van der Waals surface area contributed by atoms with E-state index in [1.165, 1.54) is 0 Å². The number of hydrogen-bond donors (Lipinski definition) is 2. The summed E-state index contributed by atoms with van der Waals surface area (Å²) in [5.41, 5.74) is -3.33. The highest BCUT2D eigenvalue weighted by Crippen LogP contribution is 2.43. The maximum atomic E-state index is 14.3. The molecule has 0 bridgehead atoms. The van der Waals surface area contributed by atoms with Gasteiger partial charge in [-0.1, -0.05) is 58.4 Å². The first kappa shape index (κ1) is 35.0. The van der Waals surface area contributed by atoms with Crippen LogP contribution < -0.4 is 10.1 Å². The molecule has 0 saturated carbocycles. The van der Waals surface area contributed by atoms with E-state index in [9.17, 15) is 31.1 Å². The smallest absolute Gasteiger partial charge is 0.416 e. The number of ether oxygens (including phenoxy) is 2. The van der Waals surface area contributed by atoms with Gasteiger partial charge in [-0.3, -0.25) is 4.79 Å². The van der Waals surface area contributed by atoms with Crippen LogP contribution in [0.5, 0.6) is 5.75 Å². The summed E-state index contributed by atoms with van der Waals surface area (Å²) in [5, 5.41) is 11.6. The van der Waals surface area contributed by atoms with Crippen molar-refractivity contribution in [2.75, 3.05) is 13.2 Å². The molecule has 2 atom stereocenters. The fourth-order valence-electron chi connectivity index (χ4n) is 5.28. The second-order valence-corrected chi connectivity index (χ2v) is 12.0. The van der Waals surface area contributed by atoms with Crippen molar-refractivity contribution in [2.45, 2.75) is 43.4 Å². The van der Waals surface area contributed by atoms with Crippen LogP contribution in [0.2, 0.25) is 0 Å². The first-order chi connectivity index (χ1) is 22.8. The normalized spacial score (nSPS) is 17.8. The summed E-state index contributed by atoms with van der Waals surface area (Å²) < 4.78 is 94.1. The summed E-state index contributed by atoms with van der Waals surface area (Å²) in [6.07, 6.45) is -10.7. The largest absolute Gasteiger partial charge is 0.494 e. The number of halogens is 7. The molecule has 4 aromatic carbocycles. The molecule has 0 spiro atoms. The van der Waals surface area contributed by atoms with Crippen LogP contribution in [-0.2, 0) is 34.8 Å². The molecule has 4 aromatic rings. The van der Waals surface area contributed by atoms with E-state index in [2.05, 4.69) is 21.2 Å². The lowest BCUT2D eigenvalue weighted by Gasteiger charge is -2.31. The highest BCUT2D eigenvalue weighted by atomic mass is 79.9. The lowest BCUT2D eigenvalue weighted by Crippen LogP contribution is -2.49. The van der Waals surface area contributed by atoms with Crippen LogP contribution in [0.1, 0.15) is 45.9 Å². The Kier molecular flexibility index (Phi) is 10.5. The highest BCUT2D eigenvalue weighted by molar-refractivity contribution is 9.10. The van der Waals surface area contributed by atoms with Gasteiger partial charge in [-0.05, 0) is 71.3 Å². The van der Waals surface area contributed by atoms with Gasteiger partial charge in [0.25, 0.3) is 5.91 Å². The van der Waals surface area contributed by atoms with Gasteiger partial charge in [0.2, 0.25) is 5.90 Å². The molecule has 13 heteroatoms. The topological polar surface area (TPSA) is 80.2 Å². The van der Waals surface area contributed by atoms with Gasteiger partial charge in [0, 0.05) is 36.0 Å². The van der Waals surface area contributed by atoms with Crippen LogP contribution >= 0.6 is 15.9 Å². The molecule has 5 rings (SSSR count). The molecule has 0 aromatic heterocycles. The van der Waals surface area contributed by atoms with Crippen molar-refractivity contribution >= 4 is 27.7 Å². The van der Waals surface area contributed by atoms with E-state index < -0.39 is 47.6 Å². The maximum Gasteiger partial charge on any atom is 0.416 e. The standard InChI is InChI=1S/C35H29BrF6N2O4/c36-28-11-7-24(8-12-28)30-33(20-22-5-2-1-3-6-22,44-31(48-30)25-9-13-29(14-10-25)47-16-4-15-45)32(46)43-21-23-17-26(34(37,38)39)19-27(18-23)35(40,41)42/h1-3,5-14,17-19,30,45H,4,15-16,20-21H2,(H,43,46)/t30-,33-/m1/s1. The van der Waals surface area contributed by atoms with Crippen LogP contribution in [0.3, 0.4) is 0 Å². The minimum absolute atomic E-state index is 0.0113. The monoisotopic (exact) mass is 734 g/mol. The number of carbonyl (C=O) groups excluding carboxylic acids is 1. The van der Waals surface area contributed by atoms with Crippen LogP contribution in [0, 0.1) is 0 Å². The van der Waals surface area contributed by atoms with Gasteiger partial charge in [0.1, 0.15) is 5.75 Å². The molecule has 1 aliphatic rings. The number of carbonyl (C=O) groups is 1. The summed E-state index contributed by atoms with van der Waals surface area (Å²) in [6.45, 7) is -0.362. The van der Waals surface area contributed by atoms with E-state index in [1.54, 1.807) is 78.9 Å². The van der Waals surface area contributed by atoms with Crippen LogP contribution in [0.25, 0.3) is 0 Å². The molecule has 1 heterocycles. The number of rotatable bonds is 11. The molecule has 0 saturated heterocycles. The quantitative estimate of drug-likeness (QED) is 0.121. The van der Waals surface area contributed by atoms with Crippen molar-refractivity contribution in [2.24, 2.45) is 4.99 Å². The molecule has 1 aliphatic heterocycles. The number of aliphatic imine (C=N–C) groups is 1. The van der Waals surface area contributed by atoms with Crippen molar-refractivity contribution in [3.63, 3.8) is 0 Å². The summed E-state index contributed by atoms with van der Waals surface area (Å²) in [4.78, 5) is 19.2. The number of aliphatic hydroxyl groups is 1. The maximum absolute atomic E-state index is 14.3. The first-order valence-electron chi connectivity index (χ1n) is 14.8. The highest BCUT2D eigenvalue weighted by Gasteiger charge is 2.53. The molecule has 1 amide bonds. The second kappa shape index (κ2) is 14.4. The fraction of sp³-hybridized carbons (Fsp3) is 0.257. The van der Waals surface area contributed by atoms with Gasteiger partial charge in [-0.15, -0.1) is 0 Å². The van der Waals surface area contributed by atoms with Gasteiger partial charge >= 0.3 is 12.4 Å². The van der Waals surface area contributed by atoms with E-state index in [4.69, 9.17) is 19.6 Å². The van der Waals surface area contributed by atoms with E-state index in [0.717, 1.165) is 4.47 Å². The summed E-state index contributed by atoms with van der Waals surface area (Å²) in [7, 11) is 0. The number of benzene rings is 4. The van der Waals surface area contributed by atoms with Crippen molar-refractivity contribution in [1.82, 2.24) is 5.32 Å². The van der Waals surface area contributed by atoms with E-state index >= 15 is 0 Å². The van der Waals surface area contributed by atoms with Crippen LogP contribution in [-0.4, -0.2) is 35.7 Å². The average molecular weight is 736 g/mol. The number of aliphatic hydroxyl groups excluding tert-OH is 1. The zero-order chi connectivity index (χ0) is 34.5. The van der Waals surface area contributed by atoms with Crippen LogP contribution in [0.15, 0.2) is 107 Å². The van der Waals surface area contributed by atoms with Gasteiger partial charge < -0.3 is 19.9 Å². The molecule has 2 N–H and O–H groups in total. The summed E-state index contributed by atoms with van der Waals surface area (Å²) >= 11 is 3.40. The average Bonchev–Trinajstić information content (AvgIpc) is 3.44. The molecule has 48 heavy (non-hydrogen) atoms. The Labute approximate surface area is 280 Å². The number of alkyl halides is 6. The molecule has 0 unspecified atom stereocenters. The number of amides is 1. The Morgan fingerprint density at radius 2 is 1.50 bits per heavy atom. The molecule has 0 radical (unpaired) electrons. The predicted molar refractivity (Wildman–Crippen MR) is 169 cm³/mol. The Hall–Kier alpha value is -4.36. The molecule has 0 aliphatic carbocycles. The fourth-order valence-corrected chi connectivity index (χ4v) is 5.55. The van der Waals surface area contributed by atoms with Gasteiger partial charge in [-0.2, -0.15) is 26.3 Å². The Balaban J connectivity index is 1.56. The van der Waals surface area contributed by atoms with E-state index in [-0.39, 0.29) is 30.6 Å². The van der Waals surface area contributed by atoms with Crippen molar-refractivity contribution in [3.05, 3.63) is 135 Å². The van der Waals surface area contributed by atoms with Gasteiger partial charge in [-0.25, -0.2) is 4.99 Å². The SMILES string of the molecule is O=C(NCc1cc(C(F)(F)F)cc(C(F)(F)F)c1)[C@]1(Cc2ccccc2)N=C(c2ccc(OCCCO)cc2)O[C@@H]1c1ccc(Br)cc1. The zero-order valence-electron chi connectivity index (χ0n) is 25.1. The van der Waals surface area contributed by atoms with E-state index in [0.29, 0.717) is 47.6 Å². The Bertz CT molecular complexity index is 1710. The molecule has 6 nitrogen and oxygen atoms in total. The third-order valence-corrected chi connectivity index (χ3v) is 8.15. The van der Waals surface area contributed by atoms with Gasteiger partial charge in [0.05, 0.1) is 17.7 Å². The van der Waals surface area contributed by atoms with Crippen molar-refractivity contribution in [1.29, 1.82) is 0 Å². The summed E-state index contributed by atoms with van der Waals surface area (Å²) in [5.74, 6) is -0.124. The number of hydrogen-bond acceptors (Lipinski definition) is 5. The Morgan fingerprint density at radius 1 is 0.875 bits per heavy atom. The molecular formula is C35H29BrF6N2O4. The second-order valence-electron chi connectivity index (χ2n) is 11.1. The number of nitrogens with one attached hydrogen (secondary N) is 1. The van der Waals surface area contributed by atoms with Gasteiger partial charge in [0.15, 0.2) is 11.6 Å². The van der Waals surface area contributed by atoms with E-state index in [1.807, 2.05) is 0 Å². The third kappa shape index (κ3) is 8.19. The summed E-state index contributed by atoms with van der Waals surface area (Å²) in [6, 6.07) is 23.8. The third-order valence-electron chi connectivity index (χ3n) is 7.62. The van der Waals surface area contributed by atoms with Crippen molar-refractivity contribution < 1.29 is 45.7 Å². The lowest BCUT2D eigenvalue weighted by atomic mass is 9.82. The van der Waals surface area contributed by atoms with Crippen molar-refractivity contribution in [3.8, 4) is 5.75 Å².